The van der Waals surface area contributed by atoms with Gasteiger partial charge in [0.2, 0.25) is 0 Å². The number of likely N-dealkylation sites (N-methyl/N-ethyl adjacent to an activating group) is 1. The normalized spacial score (nSPS) is 12.5. The fourth-order valence-electron chi connectivity index (χ4n) is 2.06. The summed E-state index contributed by atoms with van der Waals surface area (Å²) in [5, 5.41) is 9.35. The van der Waals surface area contributed by atoms with E-state index in [2.05, 4.69) is 49.0 Å². The molecule has 104 valence electrons. The highest BCUT2D eigenvalue weighted by Gasteiger charge is 2.21. The number of hydrogen-bond donors (Lipinski definition) is 1. The molecule has 1 N–H and O–H groups in total. The molecule has 0 atom stereocenters. The minimum absolute atomic E-state index is 0.169. The van der Waals surface area contributed by atoms with Gasteiger partial charge in [-0.25, -0.2) is 4.98 Å². The molecule has 4 heteroatoms. The van der Waals surface area contributed by atoms with E-state index in [1.54, 1.807) is 0 Å². The third kappa shape index (κ3) is 2.96. The lowest BCUT2D eigenvalue weighted by Gasteiger charge is -2.33. The van der Waals surface area contributed by atoms with Crippen molar-refractivity contribution in [2.45, 2.75) is 25.8 Å². The van der Waals surface area contributed by atoms with E-state index in [-0.39, 0.29) is 12.1 Å². The van der Waals surface area contributed by atoms with Gasteiger partial charge in [-0.3, -0.25) is 4.90 Å². The lowest BCUT2D eigenvalue weighted by molar-refractivity contribution is 0.0801. The monoisotopic (exact) mass is 261 g/mol. The molecule has 0 aliphatic carbocycles. The van der Waals surface area contributed by atoms with Crippen LogP contribution in [0.5, 0.6) is 0 Å². The molecule has 0 aliphatic heterocycles. The van der Waals surface area contributed by atoms with E-state index >= 15 is 0 Å². The van der Waals surface area contributed by atoms with E-state index < -0.39 is 0 Å². The zero-order valence-corrected chi connectivity index (χ0v) is 12.2. The predicted molar refractivity (Wildman–Crippen MR) is 78.2 cm³/mol. The number of nitrogens with zero attached hydrogens (tertiary/aromatic N) is 3. The quantitative estimate of drug-likeness (QED) is 0.892. The van der Waals surface area contributed by atoms with Gasteiger partial charge in [-0.05, 0) is 45.0 Å². The van der Waals surface area contributed by atoms with Crippen LogP contribution >= 0.6 is 0 Å². The van der Waals surface area contributed by atoms with Crippen molar-refractivity contribution in [1.82, 2.24) is 14.5 Å². The molecule has 0 radical (unpaired) electrons. The molecule has 0 amide bonds. The van der Waals surface area contributed by atoms with Crippen LogP contribution in [0.3, 0.4) is 0 Å². The molecule has 0 fully saturated rings. The molecule has 0 spiro atoms. The number of hydrogen-bond acceptors (Lipinski definition) is 3. The predicted octanol–water partition coefficient (Wildman–Crippen LogP) is 1.82. The largest absolute Gasteiger partial charge is 0.394 e. The van der Waals surface area contributed by atoms with Gasteiger partial charge in [-0.2, -0.15) is 0 Å². The molecule has 0 saturated carbocycles. The first-order valence-electron chi connectivity index (χ1n) is 6.66. The number of aromatic nitrogens is 2. The summed E-state index contributed by atoms with van der Waals surface area (Å²) >= 11 is 0. The number of imidazole rings is 1. The Balaban J connectivity index is 2.06. The Morgan fingerprint density at radius 3 is 2.79 bits per heavy atom. The van der Waals surface area contributed by atoms with Crippen molar-refractivity contribution in [2.75, 3.05) is 20.2 Å². The van der Waals surface area contributed by atoms with Crippen LogP contribution in [-0.4, -0.2) is 45.3 Å². The zero-order valence-electron chi connectivity index (χ0n) is 12.2. The van der Waals surface area contributed by atoms with Gasteiger partial charge in [-0.15, -0.1) is 0 Å². The first-order valence-corrected chi connectivity index (χ1v) is 6.66. The summed E-state index contributed by atoms with van der Waals surface area (Å²) < 4.78 is 2.03. The van der Waals surface area contributed by atoms with Crippen LogP contribution in [-0.2, 0) is 13.5 Å². The SMILES string of the molecule is CN(CCc1ccc2c(c1)ncn2C)C(C)(C)CO. The van der Waals surface area contributed by atoms with Crippen molar-refractivity contribution in [3.8, 4) is 0 Å². The highest BCUT2D eigenvalue weighted by atomic mass is 16.3. The van der Waals surface area contributed by atoms with Crippen LogP contribution in [0.2, 0.25) is 0 Å². The summed E-state index contributed by atoms with van der Waals surface area (Å²) in [5.74, 6) is 0. The van der Waals surface area contributed by atoms with E-state index in [9.17, 15) is 5.11 Å². The maximum absolute atomic E-state index is 9.35. The van der Waals surface area contributed by atoms with E-state index in [0.29, 0.717) is 0 Å². The first kappa shape index (κ1) is 14.0. The first-order chi connectivity index (χ1) is 8.94. The van der Waals surface area contributed by atoms with Crippen molar-refractivity contribution in [2.24, 2.45) is 7.05 Å². The standard InChI is InChI=1S/C15H23N3O/c1-15(2,10-19)18(4)8-7-12-5-6-14-13(9-12)16-11-17(14)3/h5-6,9,11,19H,7-8,10H2,1-4H3. The molecule has 2 aromatic rings. The van der Waals surface area contributed by atoms with E-state index in [1.165, 1.54) is 5.56 Å². The van der Waals surface area contributed by atoms with Gasteiger partial charge in [0.05, 0.1) is 24.0 Å². The third-order valence-electron chi connectivity index (χ3n) is 3.95. The van der Waals surface area contributed by atoms with Gasteiger partial charge < -0.3 is 9.67 Å². The van der Waals surface area contributed by atoms with Gasteiger partial charge in [0, 0.05) is 19.1 Å². The van der Waals surface area contributed by atoms with E-state index in [1.807, 2.05) is 17.9 Å². The van der Waals surface area contributed by atoms with Crippen molar-refractivity contribution in [1.29, 1.82) is 0 Å². The molecule has 0 bridgehead atoms. The fraction of sp³-hybridized carbons (Fsp3) is 0.533. The van der Waals surface area contributed by atoms with Crippen LogP contribution in [0, 0.1) is 0 Å². The average Bonchev–Trinajstić information content (AvgIpc) is 2.77. The Bertz CT molecular complexity index is 560. The second kappa shape index (κ2) is 5.31. The van der Waals surface area contributed by atoms with Crippen molar-refractivity contribution >= 4 is 11.0 Å². The van der Waals surface area contributed by atoms with Gasteiger partial charge in [-0.1, -0.05) is 6.07 Å². The average molecular weight is 261 g/mol. The Morgan fingerprint density at radius 1 is 1.37 bits per heavy atom. The van der Waals surface area contributed by atoms with Crippen molar-refractivity contribution in [3.05, 3.63) is 30.1 Å². The number of rotatable bonds is 5. The number of aryl methyl sites for hydroxylation is 1. The van der Waals surface area contributed by atoms with Crippen LogP contribution < -0.4 is 0 Å². The molecule has 0 unspecified atom stereocenters. The summed E-state index contributed by atoms with van der Waals surface area (Å²) in [5.41, 5.74) is 3.32. The summed E-state index contributed by atoms with van der Waals surface area (Å²) in [7, 11) is 4.06. The Hall–Kier alpha value is -1.39. The number of aliphatic hydroxyl groups excluding tert-OH is 1. The summed E-state index contributed by atoms with van der Waals surface area (Å²) in [6.07, 6.45) is 2.81. The molecule has 0 aliphatic rings. The number of aliphatic hydroxyl groups is 1. The van der Waals surface area contributed by atoms with Crippen LogP contribution in [0.1, 0.15) is 19.4 Å². The van der Waals surface area contributed by atoms with Gasteiger partial charge in [0.15, 0.2) is 0 Å². The second-order valence-electron chi connectivity index (χ2n) is 5.82. The Labute approximate surface area is 114 Å². The van der Waals surface area contributed by atoms with Crippen molar-refractivity contribution in [3.63, 3.8) is 0 Å². The van der Waals surface area contributed by atoms with Crippen molar-refractivity contribution < 1.29 is 5.11 Å². The highest BCUT2D eigenvalue weighted by Crippen LogP contribution is 2.16. The Kier molecular flexibility index (Phi) is 3.92. The topological polar surface area (TPSA) is 41.3 Å². The summed E-state index contributed by atoms with van der Waals surface area (Å²) in [6.45, 7) is 5.19. The zero-order chi connectivity index (χ0) is 14.0. The molecular weight excluding hydrogens is 238 g/mol. The van der Waals surface area contributed by atoms with Gasteiger partial charge in [0.25, 0.3) is 0 Å². The lowest BCUT2D eigenvalue weighted by atomic mass is 10.0. The molecule has 0 saturated heterocycles. The summed E-state index contributed by atoms with van der Waals surface area (Å²) in [6, 6.07) is 6.42. The smallest absolute Gasteiger partial charge is 0.0955 e. The van der Waals surface area contributed by atoms with Crippen LogP contribution in [0.15, 0.2) is 24.5 Å². The minimum atomic E-state index is -0.172. The second-order valence-corrected chi connectivity index (χ2v) is 5.82. The highest BCUT2D eigenvalue weighted by molar-refractivity contribution is 5.75. The van der Waals surface area contributed by atoms with E-state index in [0.717, 1.165) is 24.0 Å². The molecule has 19 heavy (non-hydrogen) atoms. The molecule has 1 aromatic carbocycles. The molecule has 1 aromatic heterocycles. The fourth-order valence-corrected chi connectivity index (χ4v) is 2.06. The van der Waals surface area contributed by atoms with E-state index in [4.69, 9.17) is 0 Å². The van der Waals surface area contributed by atoms with Crippen LogP contribution in [0.25, 0.3) is 11.0 Å². The lowest BCUT2D eigenvalue weighted by Crippen LogP contribution is -2.45. The van der Waals surface area contributed by atoms with Gasteiger partial charge >= 0.3 is 0 Å². The molecule has 1 heterocycles. The number of benzene rings is 1. The van der Waals surface area contributed by atoms with Crippen LogP contribution in [0.4, 0.5) is 0 Å². The number of fused-ring (bicyclic) bond motifs is 1. The maximum atomic E-state index is 9.35. The Morgan fingerprint density at radius 2 is 2.11 bits per heavy atom. The summed E-state index contributed by atoms with van der Waals surface area (Å²) in [4.78, 5) is 6.57. The van der Waals surface area contributed by atoms with Gasteiger partial charge in [0.1, 0.15) is 0 Å². The maximum Gasteiger partial charge on any atom is 0.0955 e. The third-order valence-corrected chi connectivity index (χ3v) is 3.95. The minimum Gasteiger partial charge on any atom is -0.394 e. The molecule has 2 rings (SSSR count). The molecule has 4 nitrogen and oxygen atoms in total. The molecular formula is C15H23N3O.